The molecule has 2 nitrogen and oxygen atoms in total. The van der Waals surface area contributed by atoms with Gasteiger partial charge in [0.2, 0.25) is 0 Å². The topological polar surface area (TPSA) is 15.3 Å². The first-order valence-corrected chi connectivity index (χ1v) is 6.35. The zero-order valence-electron chi connectivity index (χ0n) is 9.47. The first-order chi connectivity index (χ1) is 6.90. The molecule has 2 rings (SSSR count). The summed E-state index contributed by atoms with van der Waals surface area (Å²) in [5.74, 6) is 1.03. The van der Waals surface area contributed by atoms with Crippen LogP contribution in [0.1, 0.15) is 39.0 Å². The maximum absolute atomic E-state index is 3.52. The minimum absolute atomic E-state index is 0.828. The highest BCUT2D eigenvalue weighted by molar-refractivity contribution is 4.83. The summed E-state index contributed by atoms with van der Waals surface area (Å²) in [6.07, 6.45) is 7.16. The van der Waals surface area contributed by atoms with E-state index in [1.165, 1.54) is 58.3 Å². The molecule has 1 aliphatic heterocycles. The Morgan fingerprint density at radius 1 is 1.36 bits per heavy atom. The fourth-order valence-electron chi connectivity index (χ4n) is 2.67. The Labute approximate surface area is 88.1 Å². The third-order valence-corrected chi connectivity index (χ3v) is 3.81. The number of nitrogens with zero attached hydrogens (tertiary/aromatic N) is 1. The SMILES string of the molecule is CCCC1CNCCN1CC1CCC1. The molecule has 1 saturated carbocycles. The van der Waals surface area contributed by atoms with Crippen molar-refractivity contribution in [1.29, 1.82) is 0 Å². The highest BCUT2D eigenvalue weighted by Gasteiger charge is 2.26. The first kappa shape index (κ1) is 10.4. The van der Waals surface area contributed by atoms with Gasteiger partial charge in [-0.15, -0.1) is 0 Å². The highest BCUT2D eigenvalue weighted by atomic mass is 15.2. The molecule has 82 valence electrons. The van der Waals surface area contributed by atoms with Crippen LogP contribution in [0.5, 0.6) is 0 Å². The standard InChI is InChI=1S/C12H24N2/c1-2-4-12-9-13-7-8-14(12)10-11-5-3-6-11/h11-13H,2-10H2,1H3. The van der Waals surface area contributed by atoms with Gasteiger partial charge in [0.25, 0.3) is 0 Å². The first-order valence-electron chi connectivity index (χ1n) is 6.35. The van der Waals surface area contributed by atoms with Crippen LogP contribution in [0.4, 0.5) is 0 Å². The lowest BCUT2D eigenvalue weighted by Crippen LogP contribution is -2.52. The minimum Gasteiger partial charge on any atom is -0.314 e. The van der Waals surface area contributed by atoms with Gasteiger partial charge in [-0.2, -0.15) is 0 Å². The zero-order valence-corrected chi connectivity index (χ0v) is 9.47. The van der Waals surface area contributed by atoms with Gasteiger partial charge >= 0.3 is 0 Å². The predicted molar refractivity (Wildman–Crippen MR) is 60.5 cm³/mol. The van der Waals surface area contributed by atoms with E-state index in [4.69, 9.17) is 0 Å². The van der Waals surface area contributed by atoms with Crippen molar-refractivity contribution in [2.75, 3.05) is 26.2 Å². The Kier molecular flexibility index (Phi) is 3.82. The van der Waals surface area contributed by atoms with Crippen molar-refractivity contribution < 1.29 is 0 Å². The fraction of sp³-hybridized carbons (Fsp3) is 1.00. The summed E-state index contributed by atoms with van der Waals surface area (Å²) in [6, 6.07) is 0.828. The van der Waals surface area contributed by atoms with E-state index in [0.29, 0.717) is 0 Å². The van der Waals surface area contributed by atoms with Crippen molar-refractivity contribution in [2.45, 2.75) is 45.1 Å². The quantitative estimate of drug-likeness (QED) is 0.738. The summed E-state index contributed by atoms with van der Waals surface area (Å²) in [5.41, 5.74) is 0. The Hall–Kier alpha value is -0.0800. The van der Waals surface area contributed by atoms with Crippen LogP contribution < -0.4 is 5.32 Å². The van der Waals surface area contributed by atoms with Crippen LogP contribution in [0, 0.1) is 5.92 Å². The molecule has 1 unspecified atom stereocenters. The molecule has 2 fully saturated rings. The highest BCUT2D eigenvalue weighted by Crippen LogP contribution is 2.28. The molecule has 1 heterocycles. The lowest BCUT2D eigenvalue weighted by molar-refractivity contribution is 0.105. The average molecular weight is 196 g/mol. The second-order valence-electron chi connectivity index (χ2n) is 4.94. The van der Waals surface area contributed by atoms with E-state index in [1.807, 2.05) is 0 Å². The van der Waals surface area contributed by atoms with Gasteiger partial charge in [-0.05, 0) is 25.2 Å². The Balaban J connectivity index is 1.78. The minimum atomic E-state index is 0.828. The molecule has 1 aliphatic carbocycles. The molecule has 0 aromatic carbocycles. The van der Waals surface area contributed by atoms with E-state index < -0.39 is 0 Å². The fourth-order valence-corrected chi connectivity index (χ4v) is 2.67. The molecule has 2 heteroatoms. The van der Waals surface area contributed by atoms with Crippen molar-refractivity contribution in [3.8, 4) is 0 Å². The number of nitrogens with one attached hydrogen (secondary N) is 1. The van der Waals surface area contributed by atoms with Crippen LogP contribution in [0.2, 0.25) is 0 Å². The van der Waals surface area contributed by atoms with Crippen LogP contribution in [0.3, 0.4) is 0 Å². The Morgan fingerprint density at radius 2 is 2.21 bits per heavy atom. The summed E-state index contributed by atoms with van der Waals surface area (Å²) in [7, 11) is 0. The Bertz CT molecular complexity index is 164. The maximum atomic E-state index is 3.52. The van der Waals surface area contributed by atoms with Gasteiger partial charge in [0.05, 0.1) is 0 Å². The molecule has 0 spiro atoms. The van der Waals surface area contributed by atoms with Gasteiger partial charge in [-0.25, -0.2) is 0 Å². The number of hydrogen-bond acceptors (Lipinski definition) is 2. The van der Waals surface area contributed by atoms with Crippen molar-refractivity contribution in [3.05, 3.63) is 0 Å². The number of rotatable bonds is 4. The van der Waals surface area contributed by atoms with Crippen LogP contribution in [-0.4, -0.2) is 37.1 Å². The van der Waals surface area contributed by atoms with E-state index in [-0.39, 0.29) is 0 Å². The average Bonchev–Trinajstić information content (AvgIpc) is 2.14. The van der Waals surface area contributed by atoms with Gasteiger partial charge < -0.3 is 5.32 Å². The zero-order chi connectivity index (χ0) is 9.80. The smallest absolute Gasteiger partial charge is 0.0221 e. The summed E-state index contributed by atoms with van der Waals surface area (Å²) < 4.78 is 0. The molecule has 14 heavy (non-hydrogen) atoms. The lowest BCUT2D eigenvalue weighted by Gasteiger charge is -2.40. The number of piperazine rings is 1. The van der Waals surface area contributed by atoms with E-state index in [1.54, 1.807) is 0 Å². The van der Waals surface area contributed by atoms with E-state index in [9.17, 15) is 0 Å². The normalized spacial score (nSPS) is 30.2. The van der Waals surface area contributed by atoms with E-state index in [2.05, 4.69) is 17.1 Å². The molecule has 1 saturated heterocycles. The monoisotopic (exact) mass is 196 g/mol. The van der Waals surface area contributed by atoms with Gasteiger partial charge in [0.15, 0.2) is 0 Å². The molecule has 0 aromatic rings. The van der Waals surface area contributed by atoms with E-state index in [0.717, 1.165) is 12.0 Å². The van der Waals surface area contributed by atoms with Gasteiger partial charge in [0.1, 0.15) is 0 Å². The lowest BCUT2D eigenvalue weighted by atomic mass is 9.84. The summed E-state index contributed by atoms with van der Waals surface area (Å²) in [6.45, 7) is 7.39. The third-order valence-electron chi connectivity index (χ3n) is 3.81. The molecule has 1 atom stereocenters. The molecule has 2 aliphatic rings. The van der Waals surface area contributed by atoms with Crippen LogP contribution in [0.25, 0.3) is 0 Å². The summed E-state index contributed by atoms with van der Waals surface area (Å²) >= 11 is 0. The summed E-state index contributed by atoms with van der Waals surface area (Å²) in [4.78, 5) is 2.74. The second-order valence-corrected chi connectivity index (χ2v) is 4.94. The molecule has 0 bridgehead atoms. The molecule has 0 radical (unpaired) electrons. The van der Waals surface area contributed by atoms with Crippen LogP contribution in [-0.2, 0) is 0 Å². The second kappa shape index (κ2) is 5.13. The molecular weight excluding hydrogens is 172 g/mol. The van der Waals surface area contributed by atoms with Crippen LogP contribution in [0.15, 0.2) is 0 Å². The predicted octanol–water partition coefficient (Wildman–Crippen LogP) is 1.86. The molecular formula is C12H24N2. The van der Waals surface area contributed by atoms with Gasteiger partial charge in [0, 0.05) is 32.2 Å². The molecule has 1 N–H and O–H groups in total. The van der Waals surface area contributed by atoms with Crippen molar-refractivity contribution >= 4 is 0 Å². The number of hydrogen-bond donors (Lipinski definition) is 1. The Morgan fingerprint density at radius 3 is 2.86 bits per heavy atom. The molecule has 0 aromatic heterocycles. The van der Waals surface area contributed by atoms with Gasteiger partial charge in [-0.3, -0.25) is 4.90 Å². The van der Waals surface area contributed by atoms with Crippen molar-refractivity contribution in [1.82, 2.24) is 10.2 Å². The summed E-state index contributed by atoms with van der Waals surface area (Å²) in [5, 5.41) is 3.52. The largest absolute Gasteiger partial charge is 0.314 e. The molecule has 0 amide bonds. The van der Waals surface area contributed by atoms with E-state index >= 15 is 0 Å². The third kappa shape index (κ3) is 2.48. The van der Waals surface area contributed by atoms with Crippen molar-refractivity contribution in [3.63, 3.8) is 0 Å². The van der Waals surface area contributed by atoms with Crippen LogP contribution >= 0.6 is 0 Å². The maximum Gasteiger partial charge on any atom is 0.0221 e. The van der Waals surface area contributed by atoms with Gasteiger partial charge in [-0.1, -0.05) is 19.8 Å². The van der Waals surface area contributed by atoms with Crippen molar-refractivity contribution in [2.24, 2.45) is 5.92 Å².